The number of rotatable bonds is 2. The monoisotopic (exact) mass is 443 g/mol. The van der Waals surface area contributed by atoms with Crippen molar-refractivity contribution in [3.05, 3.63) is 70.1 Å². The molecular formula is C21H19BrFN3O2. The number of aromatic nitrogens is 1. The van der Waals surface area contributed by atoms with E-state index in [9.17, 15) is 14.0 Å². The molecule has 1 N–H and O–H groups in total. The second-order valence-electron chi connectivity index (χ2n) is 6.83. The first kappa shape index (κ1) is 18.7. The molecular weight excluding hydrogens is 425 g/mol. The molecule has 5 nitrogen and oxygen atoms in total. The van der Waals surface area contributed by atoms with Crippen LogP contribution in [0.1, 0.15) is 27.3 Å². The van der Waals surface area contributed by atoms with E-state index in [1.165, 1.54) is 12.1 Å². The second-order valence-corrected chi connectivity index (χ2v) is 7.75. The van der Waals surface area contributed by atoms with Crippen molar-refractivity contribution < 1.29 is 14.0 Å². The average Bonchev–Trinajstić information content (AvgIpc) is 2.95. The number of hydrogen-bond donors (Lipinski definition) is 1. The van der Waals surface area contributed by atoms with Crippen LogP contribution in [-0.2, 0) is 0 Å². The number of aromatic amines is 1. The minimum atomic E-state index is -0.520. The molecule has 0 spiro atoms. The summed E-state index contributed by atoms with van der Waals surface area (Å²) in [5.74, 6) is -0.940. The van der Waals surface area contributed by atoms with Crippen LogP contribution in [0.5, 0.6) is 0 Å². The Hall–Kier alpha value is -2.67. The molecule has 0 atom stereocenters. The summed E-state index contributed by atoms with van der Waals surface area (Å²) in [6.45, 7) is 1.85. The first-order valence-corrected chi connectivity index (χ1v) is 9.93. The number of halogens is 2. The zero-order valence-electron chi connectivity index (χ0n) is 15.1. The molecule has 2 aromatic carbocycles. The normalized spacial score (nSPS) is 14.9. The van der Waals surface area contributed by atoms with Crippen LogP contribution >= 0.6 is 15.9 Å². The van der Waals surface area contributed by atoms with E-state index in [-0.39, 0.29) is 17.4 Å². The summed E-state index contributed by atoms with van der Waals surface area (Å²) in [5, 5.41) is 0.962. The van der Waals surface area contributed by atoms with Crippen LogP contribution in [0.15, 0.2) is 53.0 Å². The predicted octanol–water partition coefficient (Wildman–Crippen LogP) is 4.06. The molecule has 1 fully saturated rings. The number of benzene rings is 2. The lowest BCUT2D eigenvalue weighted by Gasteiger charge is -2.22. The van der Waals surface area contributed by atoms with Crippen LogP contribution in [0.4, 0.5) is 4.39 Å². The highest BCUT2D eigenvalue weighted by Gasteiger charge is 2.25. The fourth-order valence-corrected chi connectivity index (χ4v) is 3.90. The molecule has 3 aromatic rings. The standard InChI is InChI=1S/C21H19BrFN3O2/c22-15-6-7-18-14(12-15)13-19(24-18)21(28)26-9-3-8-25(10-11-26)20(27)16-4-1-2-5-17(16)23/h1-2,4-7,12-13,24H,3,8-11H2. The summed E-state index contributed by atoms with van der Waals surface area (Å²) < 4.78 is 14.9. The van der Waals surface area contributed by atoms with Gasteiger partial charge in [-0.15, -0.1) is 0 Å². The van der Waals surface area contributed by atoms with Crippen LogP contribution in [0.3, 0.4) is 0 Å². The molecule has 1 aromatic heterocycles. The molecule has 0 aliphatic carbocycles. The van der Waals surface area contributed by atoms with Crippen molar-refractivity contribution in [1.29, 1.82) is 0 Å². The first-order chi connectivity index (χ1) is 13.5. The van der Waals surface area contributed by atoms with Crippen LogP contribution < -0.4 is 0 Å². The third kappa shape index (κ3) is 3.67. The van der Waals surface area contributed by atoms with E-state index in [2.05, 4.69) is 20.9 Å². The number of amides is 2. The van der Waals surface area contributed by atoms with Crippen molar-refractivity contribution in [2.75, 3.05) is 26.2 Å². The molecule has 0 saturated carbocycles. The highest BCUT2D eigenvalue weighted by Crippen LogP contribution is 2.22. The van der Waals surface area contributed by atoms with Gasteiger partial charge in [-0.1, -0.05) is 28.1 Å². The van der Waals surface area contributed by atoms with Gasteiger partial charge in [0.25, 0.3) is 11.8 Å². The fraction of sp³-hybridized carbons (Fsp3) is 0.238. The Bertz CT molecular complexity index is 1050. The lowest BCUT2D eigenvalue weighted by atomic mass is 10.2. The largest absolute Gasteiger partial charge is 0.351 e. The number of carbonyl (C=O) groups is 2. The average molecular weight is 444 g/mol. The van der Waals surface area contributed by atoms with Gasteiger partial charge in [-0.2, -0.15) is 0 Å². The summed E-state index contributed by atoms with van der Waals surface area (Å²) >= 11 is 3.44. The SMILES string of the molecule is O=C(c1cc2cc(Br)ccc2[nH]1)N1CCCN(C(=O)c2ccccc2F)CC1. The molecule has 2 amide bonds. The van der Waals surface area contributed by atoms with E-state index in [0.29, 0.717) is 38.3 Å². The number of hydrogen-bond acceptors (Lipinski definition) is 2. The molecule has 0 bridgehead atoms. The van der Waals surface area contributed by atoms with Gasteiger partial charge in [0.15, 0.2) is 0 Å². The molecule has 4 rings (SSSR count). The Labute approximate surface area is 170 Å². The minimum absolute atomic E-state index is 0.0727. The minimum Gasteiger partial charge on any atom is -0.351 e. The van der Waals surface area contributed by atoms with Crippen molar-refractivity contribution in [2.45, 2.75) is 6.42 Å². The Morgan fingerprint density at radius 3 is 2.39 bits per heavy atom. The Morgan fingerprint density at radius 2 is 1.64 bits per heavy atom. The van der Waals surface area contributed by atoms with Crippen molar-refractivity contribution in [3.8, 4) is 0 Å². The molecule has 1 saturated heterocycles. The Morgan fingerprint density at radius 1 is 0.929 bits per heavy atom. The van der Waals surface area contributed by atoms with E-state index in [4.69, 9.17) is 0 Å². The van der Waals surface area contributed by atoms with E-state index in [0.717, 1.165) is 15.4 Å². The zero-order chi connectivity index (χ0) is 19.7. The van der Waals surface area contributed by atoms with Crippen molar-refractivity contribution >= 4 is 38.6 Å². The second kappa shape index (κ2) is 7.75. The third-order valence-corrected chi connectivity index (χ3v) is 5.48. The number of nitrogens with one attached hydrogen (secondary N) is 1. The molecule has 1 aliphatic rings. The molecule has 1 aliphatic heterocycles. The predicted molar refractivity (Wildman–Crippen MR) is 109 cm³/mol. The van der Waals surface area contributed by atoms with Gasteiger partial charge in [0.2, 0.25) is 0 Å². The first-order valence-electron chi connectivity index (χ1n) is 9.14. The van der Waals surface area contributed by atoms with E-state index in [1.54, 1.807) is 21.9 Å². The lowest BCUT2D eigenvalue weighted by Crippen LogP contribution is -2.37. The van der Waals surface area contributed by atoms with Gasteiger partial charge in [-0.3, -0.25) is 9.59 Å². The summed E-state index contributed by atoms with van der Waals surface area (Å²) in [4.78, 5) is 32.1. The van der Waals surface area contributed by atoms with Gasteiger partial charge in [-0.25, -0.2) is 4.39 Å². The quantitative estimate of drug-likeness (QED) is 0.649. The summed E-state index contributed by atoms with van der Waals surface area (Å²) in [6.07, 6.45) is 0.651. The van der Waals surface area contributed by atoms with Gasteiger partial charge in [0.05, 0.1) is 5.56 Å². The summed E-state index contributed by atoms with van der Waals surface area (Å²) in [6, 6.07) is 13.6. The number of nitrogens with zero attached hydrogens (tertiary/aromatic N) is 2. The summed E-state index contributed by atoms with van der Waals surface area (Å²) in [5.41, 5.74) is 1.50. The van der Waals surface area contributed by atoms with E-state index in [1.807, 2.05) is 24.3 Å². The Balaban J connectivity index is 1.48. The molecule has 0 unspecified atom stereocenters. The van der Waals surface area contributed by atoms with E-state index >= 15 is 0 Å². The van der Waals surface area contributed by atoms with Crippen LogP contribution in [0.2, 0.25) is 0 Å². The number of carbonyl (C=O) groups excluding carboxylic acids is 2. The molecule has 0 radical (unpaired) electrons. The summed E-state index contributed by atoms with van der Waals surface area (Å²) in [7, 11) is 0. The smallest absolute Gasteiger partial charge is 0.270 e. The highest BCUT2D eigenvalue weighted by molar-refractivity contribution is 9.10. The third-order valence-electron chi connectivity index (χ3n) is 4.99. The van der Waals surface area contributed by atoms with Gasteiger partial charge >= 0.3 is 0 Å². The molecule has 28 heavy (non-hydrogen) atoms. The molecule has 2 heterocycles. The van der Waals surface area contributed by atoms with Gasteiger partial charge in [0, 0.05) is 41.6 Å². The van der Waals surface area contributed by atoms with Crippen molar-refractivity contribution in [3.63, 3.8) is 0 Å². The van der Waals surface area contributed by atoms with Crippen LogP contribution in [-0.4, -0.2) is 52.8 Å². The van der Waals surface area contributed by atoms with Gasteiger partial charge in [-0.05, 0) is 42.8 Å². The fourth-order valence-electron chi connectivity index (χ4n) is 3.52. The topological polar surface area (TPSA) is 56.4 Å². The van der Waals surface area contributed by atoms with Crippen molar-refractivity contribution in [2.24, 2.45) is 0 Å². The molecule has 7 heteroatoms. The van der Waals surface area contributed by atoms with Gasteiger partial charge in [0.1, 0.15) is 11.5 Å². The number of H-pyrrole nitrogens is 1. The van der Waals surface area contributed by atoms with E-state index < -0.39 is 5.82 Å². The lowest BCUT2D eigenvalue weighted by molar-refractivity contribution is 0.0714. The Kier molecular flexibility index (Phi) is 5.17. The highest BCUT2D eigenvalue weighted by atomic mass is 79.9. The zero-order valence-corrected chi connectivity index (χ0v) is 16.7. The maximum atomic E-state index is 13.9. The maximum absolute atomic E-state index is 13.9. The van der Waals surface area contributed by atoms with Gasteiger partial charge < -0.3 is 14.8 Å². The number of fused-ring (bicyclic) bond motifs is 1. The maximum Gasteiger partial charge on any atom is 0.270 e. The van der Waals surface area contributed by atoms with Crippen LogP contribution in [0.25, 0.3) is 10.9 Å². The molecule has 144 valence electrons. The van der Waals surface area contributed by atoms with Crippen molar-refractivity contribution in [1.82, 2.24) is 14.8 Å². The van der Waals surface area contributed by atoms with Crippen LogP contribution in [0, 0.1) is 5.82 Å².